The summed E-state index contributed by atoms with van der Waals surface area (Å²) < 4.78 is 11.7. The Morgan fingerprint density at radius 3 is 1.73 bits per heavy atom. The lowest BCUT2D eigenvalue weighted by molar-refractivity contribution is 0.0982. The van der Waals surface area contributed by atoms with Crippen LogP contribution >= 0.6 is 69.6 Å². The maximum Gasteiger partial charge on any atom is 0.259 e. The lowest BCUT2D eigenvalue weighted by atomic mass is 10.1. The van der Waals surface area contributed by atoms with E-state index in [2.05, 4.69) is 15.3 Å². The third-order valence-electron chi connectivity index (χ3n) is 6.93. The van der Waals surface area contributed by atoms with E-state index in [0.717, 1.165) is 0 Å². The Hall–Kier alpha value is -4.28. The van der Waals surface area contributed by atoms with Crippen LogP contribution in [0.3, 0.4) is 0 Å². The maximum absolute atomic E-state index is 13.0. The molecule has 0 radical (unpaired) electrons. The van der Waals surface area contributed by atoms with Crippen molar-refractivity contribution in [2.75, 3.05) is 0 Å². The van der Waals surface area contributed by atoms with Gasteiger partial charge in [-0.1, -0.05) is 106 Å². The number of hydrogen-bond acceptors (Lipinski definition) is 6. The number of ether oxygens (including phenoxy) is 2. The number of fused-ring (bicyclic) bond motifs is 1. The van der Waals surface area contributed by atoms with Crippen molar-refractivity contribution in [2.24, 2.45) is 15.7 Å². The number of benzene rings is 5. The number of amides is 1. The van der Waals surface area contributed by atoms with Crippen molar-refractivity contribution >= 4 is 105 Å². The molecule has 48 heavy (non-hydrogen) atoms. The molecule has 0 saturated heterocycles. The zero-order chi connectivity index (χ0) is 34.1. The first kappa shape index (κ1) is 33.6. The molecular weight excluding hydrogens is 741 g/mol. The van der Waals surface area contributed by atoms with Crippen LogP contribution in [0.15, 0.2) is 94.9 Å². The van der Waals surface area contributed by atoms with Gasteiger partial charge in [-0.25, -0.2) is 9.98 Å². The van der Waals surface area contributed by atoms with Gasteiger partial charge in [0.2, 0.25) is 0 Å². The molecule has 14 heteroatoms. The molecule has 0 saturated carbocycles. The second-order valence-corrected chi connectivity index (χ2v) is 12.2. The fourth-order valence-electron chi connectivity index (χ4n) is 4.73. The average molecular weight is 759 g/mol. The molecule has 0 unspecified atom stereocenters. The highest BCUT2D eigenvalue weighted by molar-refractivity contribution is 6.50. The molecule has 0 spiro atoms. The predicted molar refractivity (Wildman–Crippen MR) is 192 cm³/mol. The fourth-order valence-corrected chi connectivity index (χ4v) is 6.42. The first-order chi connectivity index (χ1) is 23.1. The summed E-state index contributed by atoms with van der Waals surface area (Å²) in [5.74, 6) is 0.414. The quantitative estimate of drug-likeness (QED) is 0.0707. The molecule has 0 fully saturated rings. The number of nitrogens with two attached hydrogens (primary N) is 1. The number of hydrogen-bond donors (Lipinski definition) is 2. The summed E-state index contributed by atoms with van der Waals surface area (Å²) >= 11 is 39.4. The second kappa shape index (κ2) is 14.1. The van der Waals surface area contributed by atoms with Crippen LogP contribution in [0.25, 0.3) is 0 Å². The zero-order valence-corrected chi connectivity index (χ0v) is 28.6. The van der Waals surface area contributed by atoms with E-state index in [1.165, 1.54) is 0 Å². The van der Waals surface area contributed by atoms with Crippen molar-refractivity contribution in [3.63, 3.8) is 0 Å². The molecule has 8 nitrogen and oxygen atoms in total. The smallest absolute Gasteiger partial charge is 0.259 e. The molecule has 0 aliphatic carbocycles. The number of halogens is 6. The summed E-state index contributed by atoms with van der Waals surface area (Å²) in [6.07, 6.45) is 0.493. The largest absolute Gasteiger partial charge is 0.454 e. The number of aldehydes is 1. The lowest BCUT2D eigenvalue weighted by Gasteiger charge is -2.16. The summed E-state index contributed by atoms with van der Waals surface area (Å²) in [5, 5.41) is 2.52. The Morgan fingerprint density at radius 2 is 1.17 bits per heavy atom. The van der Waals surface area contributed by atoms with Crippen LogP contribution in [0.2, 0.25) is 30.1 Å². The summed E-state index contributed by atoms with van der Waals surface area (Å²) in [7, 11) is 0. The Kier molecular flexibility index (Phi) is 9.85. The van der Waals surface area contributed by atoms with Gasteiger partial charge in [0.15, 0.2) is 17.8 Å². The molecular formula is C34H18Cl6N4O4. The van der Waals surface area contributed by atoms with Crippen LogP contribution in [0.5, 0.6) is 23.0 Å². The van der Waals surface area contributed by atoms with E-state index in [1.807, 2.05) is 12.1 Å². The molecule has 1 amide bonds. The highest BCUT2D eigenvalue weighted by Crippen LogP contribution is 2.48. The normalized spacial score (nSPS) is 13.3. The highest BCUT2D eigenvalue weighted by atomic mass is 35.5. The highest BCUT2D eigenvalue weighted by Gasteiger charge is 2.35. The van der Waals surface area contributed by atoms with Gasteiger partial charge < -0.3 is 20.5 Å². The lowest BCUT2D eigenvalue weighted by Crippen LogP contribution is -2.21. The Labute approximate surface area is 303 Å². The van der Waals surface area contributed by atoms with Crippen LogP contribution in [-0.4, -0.2) is 23.9 Å². The number of para-hydroxylation sites is 2. The van der Waals surface area contributed by atoms with E-state index >= 15 is 0 Å². The van der Waals surface area contributed by atoms with E-state index in [-0.39, 0.29) is 75.6 Å². The number of aliphatic imine (C=N–C) groups is 2. The first-order valence-electron chi connectivity index (χ1n) is 13.8. The summed E-state index contributed by atoms with van der Waals surface area (Å²) in [5.41, 5.74) is 7.40. The minimum Gasteiger partial charge on any atom is -0.454 e. The van der Waals surface area contributed by atoms with Gasteiger partial charge in [0.05, 0.1) is 42.6 Å². The van der Waals surface area contributed by atoms with Crippen LogP contribution in [0, 0.1) is 0 Å². The van der Waals surface area contributed by atoms with Gasteiger partial charge in [0.25, 0.3) is 5.91 Å². The Bertz CT molecular complexity index is 2160. The van der Waals surface area contributed by atoms with Crippen LogP contribution in [0.1, 0.15) is 31.8 Å². The minimum absolute atomic E-state index is 0.000141. The van der Waals surface area contributed by atoms with Gasteiger partial charge in [-0.2, -0.15) is 0 Å². The zero-order valence-electron chi connectivity index (χ0n) is 24.0. The number of carbonyl (C=O) groups is 2. The van der Waals surface area contributed by atoms with Crippen LogP contribution in [-0.2, 0) is 0 Å². The van der Waals surface area contributed by atoms with E-state index in [0.29, 0.717) is 29.2 Å². The van der Waals surface area contributed by atoms with Gasteiger partial charge >= 0.3 is 0 Å². The number of rotatable bonds is 8. The molecule has 1 aliphatic heterocycles. The second-order valence-electron chi connectivity index (χ2n) is 9.96. The monoisotopic (exact) mass is 756 g/mol. The third-order valence-corrected chi connectivity index (χ3v) is 9.34. The molecule has 0 bridgehead atoms. The van der Waals surface area contributed by atoms with E-state index in [4.69, 9.17) is 84.8 Å². The van der Waals surface area contributed by atoms with Crippen molar-refractivity contribution < 1.29 is 19.1 Å². The van der Waals surface area contributed by atoms with Crippen molar-refractivity contribution in [3.8, 4) is 23.0 Å². The molecule has 0 atom stereocenters. The maximum atomic E-state index is 13.0. The predicted octanol–water partition coefficient (Wildman–Crippen LogP) is 10.9. The topological polar surface area (TPSA) is 115 Å². The van der Waals surface area contributed by atoms with Gasteiger partial charge in [-0.15, -0.1) is 0 Å². The third kappa shape index (κ3) is 6.43. The van der Waals surface area contributed by atoms with Gasteiger partial charge in [0.1, 0.15) is 33.2 Å². The SMILES string of the molecule is N/C(=N\c1ccc(/N=C2\NC(=O)c3c(Cl)c(Oc4ccccc4)c(Cl)c(Cl)c32)cc1)c1c(Cl)c(Cl)c(Oc2ccccc2)c(Cl)c1C=O. The Balaban J connectivity index is 1.30. The van der Waals surface area contributed by atoms with E-state index in [9.17, 15) is 9.59 Å². The Morgan fingerprint density at radius 1 is 0.646 bits per heavy atom. The molecule has 5 aromatic rings. The average Bonchev–Trinajstić information content (AvgIpc) is 3.42. The van der Waals surface area contributed by atoms with Gasteiger partial charge in [-0.3, -0.25) is 9.59 Å². The molecule has 6 rings (SSSR count). The molecule has 5 aromatic carbocycles. The van der Waals surface area contributed by atoms with Crippen LogP contribution < -0.4 is 20.5 Å². The summed E-state index contributed by atoms with van der Waals surface area (Å²) in [6, 6.07) is 23.9. The van der Waals surface area contributed by atoms with E-state index < -0.39 is 5.91 Å². The molecule has 0 aromatic heterocycles. The van der Waals surface area contributed by atoms with Gasteiger partial charge in [-0.05, 0) is 48.5 Å². The van der Waals surface area contributed by atoms with E-state index in [1.54, 1.807) is 72.8 Å². The number of amidine groups is 2. The molecule has 240 valence electrons. The number of nitrogens with one attached hydrogen (secondary N) is 1. The molecule has 1 aliphatic rings. The van der Waals surface area contributed by atoms with Crippen molar-refractivity contribution in [2.45, 2.75) is 0 Å². The van der Waals surface area contributed by atoms with Crippen molar-refractivity contribution in [3.05, 3.63) is 137 Å². The standard InChI is InChI=1S/C34H18Cl6N4O4/c35-24-20(15-45)21(25(36)28(39)30(24)47-18-7-3-1-4-8-18)32(41)42-16-11-13-17(14-12-16)43-33-22-23(34(46)44-33)27(38)31(29(40)26(22)37)48-19-9-5-2-6-10-19/h1-15H,(H2,41,42)(H,43,44,46). The molecule has 1 heterocycles. The van der Waals surface area contributed by atoms with Gasteiger partial charge in [0, 0.05) is 11.1 Å². The van der Waals surface area contributed by atoms with Crippen LogP contribution in [0.4, 0.5) is 11.4 Å². The number of nitrogens with zero attached hydrogens (tertiary/aromatic N) is 2. The minimum atomic E-state index is -0.528. The summed E-state index contributed by atoms with van der Waals surface area (Å²) in [6.45, 7) is 0. The fraction of sp³-hybridized carbons (Fsp3) is 0. The van der Waals surface area contributed by atoms with Crippen molar-refractivity contribution in [1.82, 2.24) is 5.32 Å². The summed E-state index contributed by atoms with van der Waals surface area (Å²) in [4.78, 5) is 34.1. The van der Waals surface area contributed by atoms with Crippen molar-refractivity contribution in [1.29, 1.82) is 0 Å². The number of carbonyl (C=O) groups excluding carboxylic acids is 2. The first-order valence-corrected chi connectivity index (χ1v) is 16.0. The molecule has 3 N–H and O–H groups in total.